The van der Waals surface area contributed by atoms with Crippen molar-refractivity contribution in [1.82, 2.24) is 4.90 Å². The van der Waals surface area contributed by atoms with Crippen molar-refractivity contribution in [2.45, 2.75) is 6.92 Å². The maximum absolute atomic E-state index is 12.5. The van der Waals surface area contributed by atoms with Crippen LogP contribution < -0.4 is 0 Å². The number of hydrogen-bond acceptors (Lipinski definition) is 3. The molecule has 2 amide bonds. The predicted octanol–water partition coefficient (Wildman–Crippen LogP) is 2.16. The minimum atomic E-state index is -1.03. The van der Waals surface area contributed by atoms with E-state index in [4.69, 9.17) is 5.11 Å². The average molecular weight is 283 g/mol. The third kappa shape index (κ3) is 1.98. The molecule has 0 bridgehead atoms. The fraction of sp³-hybridized carbons (Fsp3) is 0.188. The summed E-state index contributed by atoms with van der Waals surface area (Å²) < 4.78 is 0. The molecule has 5 heteroatoms. The molecule has 1 N–H and O–H groups in total. The van der Waals surface area contributed by atoms with Crippen molar-refractivity contribution in [3.05, 3.63) is 47.5 Å². The van der Waals surface area contributed by atoms with Gasteiger partial charge < -0.3 is 5.11 Å². The topological polar surface area (TPSA) is 74.7 Å². The van der Waals surface area contributed by atoms with Crippen molar-refractivity contribution >= 4 is 28.6 Å². The van der Waals surface area contributed by atoms with Crippen LogP contribution in [0.3, 0.4) is 0 Å². The van der Waals surface area contributed by atoms with E-state index < -0.39 is 23.7 Å². The Balaban J connectivity index is 2.13. The van der Waals surface area contributed by atoms with Crippen molar-refractivity contribution in [2.75, 3.05) is 6.54 Å². The first-order valence-electron chi connectivity index (χ1n) is 6.61. The van der Waals surface area contributed by atoms with Gasteiger partial charge in [-0.2, -0.15) is 0 Å². The average Bonchev–Trinajstić information content (AvgIpc) is 2.48. The molecule has 21 heavy (non-hydrogen) atoms. The molecule has 0 saturated carbocycles. The normalized spacial score (nSPS) is 15.4. The number of hydrogen-bond donors (Lipinski definition) is 1. The van der Waals surface area contributed by atoms with E-state index in [2.05, 4.69) is 0 Å². The van der Waals surface area contributed by atoms with Gasteiger partial charge in [0, 0.05) is 23.1 Å². The Labute approximate surface area is 120 Å². The standard InChI is InChI=1S/C16H13NO4/c1-9(16(20)21)8-17-14(18)11-6-2-4-10-5-3-7-12(13(10)11)15(17)19/h2-7,9H,8H2,1H3,(H,20,21). The van der Waals surface area contributed by atoms with Crippen molar-refractivity contribution in [3.8, 4) is 0 Å². The summed E-state index contributed by atoms with van der Waals surface area (Å²) in [4.78, 5) is 37.0. The van der Waals surface area contributed by atoms with E-state index in [0.29, 0.717) is 16.5 Å². The maximum Gasteiger partial charge on any atom is 0.308 e. The molecule has 2 aromatic rings. The molecule has 0 aromatic heterocycles. The van der Waals surface area contributed by atoms with E-state index in [0.717, 1.165) is 10.3 Å². The van der Waals surface area contributed by atoms with Gasteiger partial charge in [-0.3, -0.25) is 19.3 Å². The fourth-order valence-electron chi connectivity index (χ4n) is 2.60. The molecule has 1 heterocycles. The molecule has 1 aliphatic heterocycles. The molecule has 0 aliphatic carbocycles. The number of carboxylic acids is 1. The number of aliphatic carboxylic acids is 1. The van der Waals surface area contributed by atoms with Gasteiger partial charge in [-0.25, -0.2) is 0 Å². The largest absolute Gasteiger partial charge is 0.481 e. The van der Waals surface area contributed by atoms with Gasteiger partial charge in [-0.05, 0) is 17.5 Å². The van der Waals surface area contributed by atoms with E-state index in [-0.39, 0.29) is 6.54 Å². The molecule has 5 nitrogen and oxygen atoms in total. The monoisotopic (exact) mass is 283 g/mol. The molecule has 106 valence electrons. The quantitative estimate of drug-likeness (QED) is 0.876. The summed E-state index contributed by atoms with van der Waals surface area (Å²) >= 11 is 0. The second kappa shape index (κ2) is 4.70. The zero-order valence-corrected chi connectivity index (χ0v) is 11.4. The van der Waals surface area contributed by atoms with Crippen LogP contribution in [0, 0.1) is 5.92 Å². The molecule has 1 unspecified atom stereocenters. The van der Waals surface area contributed by atoms with Crippen LogP contribution in [-0.2, 0) is 4.79 Å². The summed E-state index contributed by atoms with van der Waals surface area (Å²) in [6.07, 6.45) is 0. The highest BCUT2D eigenvalue weighted by atomic mass is 16.4. The number of amides is 2. The zero-order chi connectivity index (χ0) is 15.1. The lowest BCUT2D eigenvalue weighted by Crippen LogP contribution is -2.43. The first-order valence-corrected chi connectivity index (χ1v) is 6.61. The molecular weight excluding hydrogens is 270 g/mol. The first kappa shape index (κ1) is 13.3. The van der Waals surface area contributed by atoms with Gasteiger partial charge in [0.25, 0.3) is 11.8 Å². The van der Waals surface area contributed by atoms with Crippen molar-refractivity contribution in [3.63, 3.8) is 0 Å². The van der Waals surface area contributed by atoms with E-state index >= 15 is 0 Å². The molecule has 0 radical (unpaired) electrons. The number of nitrogens with zero attached hydrogens (tertiary/aromatic N) is 1. The summed E-state index contributed by atoms with van der Waals surface area (Å²) in [5, 5.41) is 10.5. The Kier molecular flexibility index (Phi) is 2.97. The number of carboxylic acid groups (broad SMARTS) is 1. The van der Waals surface area contributed by atoms with Crippen LogP contribution in [0.1, 0.15) is 27.6 Å². The molecule has 0 saturated heterocycles. The minimum absolute atomic E-state index is 0.127. The van der Waals surface area contributed by atoms with Gasteiger partial charge in [0.05, 0.1) is 5.92 Å². The van der Waals surface area contributed by atoms with Crippen molar-refractivity contribution < 1.29 is 19.5 Å². The van der Waals surface area contributed by atoms with Crippen LogP contribution in [0.5, 0.6) is 0 Å². The summed E-state index contributed by atoms with van der Waals surface area (Å²) in [6.45, 7) is 1.35. The molecular formula is C16H13NO4. The van der Waals surface area contributed by atoms with E-state index in [1.54, 1.807) is 24.3 Å². The zero-order valence-electron chi connectivity index (χ0n) is 11.4. The highest BCUT2D eigenvalue weighted by Crippen LogP contribution is 2.30. The fourth-order valence-corrected chi connectivity index (χ4v) is 2.60. The molecule has 0 fully saturated rings. The van der Waals surface area contributed by atoms with Gasteiger partial charge in [0.2, 0.25) is 0 Å². The molecule has 1 atom stereocenters. The van der Waals surface area contributed by atoms with Gasteiger partial charge in [-0.15, -0.1) is 0 Å². The number of rotatable bonds is 3. The Morgan fingerprint density at radius 1 is 1.10 bits per heavy atom. The van der Waals surface area contributed by atoms with Crippen LogP contribution in [0.2, 0.25) is 0 Å². The Morgan fingerprint density at radius 3 is 2.10 bits per heavy atom. The SMILES string of the molecule is CC(CN1C(=O)c2cccc3cccc(c23)C1=O)C(=O)O. The summed E-state index contributed by atoms with van der Waals surface area (Å²) in [5.74, 6) is -2.70. The summed E-state index contributed by atoms with van der Waals surface area (Å²) in [6, 6.07) is 10.5. The van der Waals surface area contributed by atoms with Gasteiger partial charge in [0.1, 0.15) is 0 Å². The number of carbonyl (C=O) groups excluding carboxylic acids is 2. The van der Waals surface area contributed by atoms with Crippen LogP contribution in [-0.4, -0.2) is 34.3 Å². The Bertz CT molecular complexity index is 730. The molecule has 3 rings (SSSR count). The van der Waals surface area contributed by atoms with E-state index in [1.807, 2.05) is 12.1 Å². The van der Waals surface area contributed by atoms with Gasteiger partial charge in [-0.1, -0.05) is 31.2 Å². The lowest BCUT2D eigenvalue weighted by Gasteiger charge is -2.28. The summed E-state index contributed by atoms with van der Waals surface area (Å²) in [5.41, 5.74) is 0.889. The maximum atomic E-state index is 12.5. The van der Waals surface area contributed by atoms with Crippen LogP contribution in [0.15, 0.2) is 36.4 Å². The van der Waals surface area contributed by atoms with Gasteiger partial charge >= 0.3 is 5.97 Å². The molecule has 2 aromatic carbocycles. The highest BCUT2D eigenvalue weighted by molar-refractivity contribution is 6.25. The van der Waals surface area contributed by atoms with Crippen LogP contribution in [0.25, 0.3) is 10.8 Å². The summed E-state index contributed by atoms with van der Waals surface area (Å²) in [7, 11) is 0. The second-order valence-corrected chi connectivity index (χ2v) is 5.17. The van der Waals surface area contributed by atoms with E-state index in [1.165, 1.54) is 6.92 Å². The molecule has 0 spiro atoms. The van der Waals surface area contributed by atoms with Crippen LogP contribution >= 0.6 is 0 Å². The third-order valence-corrected chi connectivity index (χ3v) is 3.73. The lowest BCUT2D eigenvalue weighted by atomic mass is 9.93. The Morgan fingerprint density at radius 2 is 1.62 bits per heavy atom. The van der Waals surface area contributed by atoms with Crippen molar-refractivity contribution in [2.24, 2.45) is 5.92 Å². The smallest absolute Gasteiger partial charge is 0.308 e. The third-order valence-electron chi connectivity index (χ3n) is 3.73. The van der Waals surface area contributed by atoms with Crippen molar-refractivity contribution in [1.29, 1.82) is 0 Å². The van der Waals surface area contributed by atoms with Crippen LogP contribution in [0.4, 0.5) is 0 Å². The van der Waals surface area contributed by atoms with E-state index in [9.17, 15) is 14.4 Å². The first-order chi connectivity index (χ1) is 10.0. The molecule has 1 aliphatic rings. The number of imide groups is 1. The number of carbonyl (C=O) groups is 3. The predicted molar refractivity (Wildman–Crippen MR) is 76.1 cm³/mol. The number of benzene rings is 2. The lowest BCUT2D eigenvalue weighted by molar-refractivity contribution is -0.141. The Hall–Kier alpha value is -2.69. The van der Waals surface area contributed by atoms with Gasteiger partial charge in [0.15, 0.2) is 0 Å². The minimum Gasteiger partial charge on any atom is -0.481 e. The highest BCUT2D eigenvalue weighted by Gasteiger charge is 2.34. The second-order valence-electron chi connectivity index (χ2n) is 5.17.